The van der Waals surface area contributed by atoms with E-state index >= 15 is 0 Å². The van der Waals surface area contributed by atoms with Gasteiger partial charge in [-0.2, -0.15) is 0 Å². The second kappa shape index (κ2) is 6.13. The summed E-state index contributed by atoms with van der Waals surface area (Å²) in [5, 5.41) is 4.53. The van der Waals surface area contributed by atoms with Crippen molar-refractivity contribution >= 4 is 29.7 Å². The van der Waals surface area contributed by atoms with Gasteiger partial charge < -0.3 is 10.6 Å². The molecule has 0 aromatic heterocycles. The SMILES string of the molecule is CNC(=O)CNC(=O)CN1C(=O)C(=O)N(C(C)C)C1=O. The minimum atomic E-state index is -1.04. The molecule has 0 saturated carbocycles. The van der Waals surface area contributed by atoms with Crippen LogP contribution in [-0.4, -0.2) is 65.6 Å². The van der Waals surface area contributed by atoms with Gasteiger partial charge >= 0.3 is 17.8 Å². The van der Waals surface area contributed by atoms with Crippen molar-refractivity contribution in [1.29, 1.82) is 0 Å². The van der Waals surface area contributed by atoms with E-state index in [0.29, 0.717) is 4.90 Å². The Balaban J connectivity index is 2.66. The Morgan fingerprint density at radius 3 is 2.15 bits per heavy atom. The molecule has 6 amide bonds. The largest absolute Gasteiger partial charge is 0.358 e. The van der Waals surface area contributed by atoms with Gasteiger partial charge in [0.2, 0.25) is 11.8 Å². The molecule has 9 heteroatoms. The van der Waals surface area contributed by atoms with Crippen molar-refractivity contribution in [2.75, 3.05) is 20.1 Å². The van der Waals surface area contributed by atoms with E-state index in [-0.39, 0.29) is 6.54 Å². The van der Waals surface area contributed by atoms with Crippen LogP contribution in [0.15, 0.2) is 0 Å². The molecule has 1 aliphatic heterocycles. The van der Waals surface area contributed by atoms with Gasteiger partial charge in [-0.1, -0.05) is 0 Å². The fourth-order valence-corrected chi connectivity index (χ4v) is 1.58. The van der Waals surface area contributed by atoms with Crippen LogP contribution in [0.4, 0.5) is 4.79 Å². The van der Waals surface area contributed by atoms with Crippen LogP contribution in [-0.2, 0) is 19.2 Å². The topological polar surface area (TPSA) is 116 Å². The summed E-state index contributed by atoms with van der Waals surface area (Å²) in [6, 6.07) is -1.30. The van der Waals surface area contributed by atoms with Crippen molar-refractivity contribution in [3.63, 3.8) is 0 Å². The highest BCUT2D eigenvalue weighted by Crippen LogP contribution is 2.14. The normalized spacial score (nSPS) is 15.1. The molecule has 0 bridgehead atoms. The quantitative estimate of drug-likeness (QED) is 0.449. The molecule has 0 atom stereocenters. The van der Waals surface area contributed by atoms with E-state index in [9.17, 15) is 24.0 Å². The third-order valence-corrected chi connectivity index (χ3v) is 2.63. The third kappa shape index (κ3) is 3.11. The van der Waals surface area contributed by atoms with Crippen molar-refractivity contribution in [3.8, 4) is 0 Å². The first-order valence-corrected chi connectivity index (χ1v) is 5.95. The Morgan fingerprint density at radius 2 is 1.70 bits per heavy atom. The minimum Gasteiger partial charge on any atom is -0.358 e. The summed E-state index contributed by atoms with van der Waals surface area (Å²) in [6.45, 7) is 2.30. The molecule has 0 aromatic carbocycles. The van der Waals surface area contributed by atoms with E-state index in [1.54, 1.807) is 13.8 Å². The number of imide groups is 2. The van der Waals surface area contributed by atoms with Gasteiger partial charge in [-0.3, -0.25) is 24.1 Å². The Labute approximate surface area is 115 Å². The van der Waals surface area contributed by atoms with Crippen molar-refractivity contribution in [2.24, 2.45) is 0 Å². The Bertz CT molecular complexity index is 473. The number of carbonyl (C=O) groups excluding carboxylic acids is 5. The van der Waals surface area contributed by atoms with Gasteiger partial charge in [0.1, 0.15) is 6.54 Å². The Hall–Kier alpha value is -2.45. The van der Waals surface area contributed by atoms with E-state index in [4.69, 9.17) is 0 Å². The average Bonchev–Trinajstić information content (AvgIpc) is 2.59. The molecule has 110 valence electrons. The van der Waals surface area contributed by atoms with Gasteiger partial charge in [0, 0.05) is 13.1 Å². The predicted molar refractivity (Wildman–Crippen MR) is 66.2 cm³/mol. The molecule has 0 unspecified atom stereocenters. The van der Waals surface area contributed by atoms with Crippen molar-refractivity contribution in [1.82, 2.24) is 20.4 Å². The summed E-state index contributed by atoms with van der Waals surface area (Å²) < 4.78 is 0. The molecule has 0 spiro atoms. The summed E-state index contributed by atoms with van der Waals surface area (Å²) in [5.41, 5.74) is 0. The highest BCUT2D eigenvalue weighted by molar-refractivity contribution is 6.45. The maximum absolute atomic E-state index is 11.8. The monoisotopic (exact) mass is 284 g/mol. The molecular weight excluding hydrogens is 268 g/mol. The lowest BCUT2D eigenvalue weighted by Gasteiger charge is -2.18. The Morgan fingerprint density at radius 1 is 1.10 bits per heavy atom. The lowest BCUT2D eigenvalue weighted by atomic mass is 10.3. The second-order valence-corrected chi connectivity index (χ2v) is 4.39. The fourth-order valence-electron chi connectivity index (χ4n) is 1.58. The number of likely N-dealkylation sites (N-methyl/N-ethyl adjacent to an activating group) is 1. The van der Waals surface area contributed by atoms with Gasteiger partial charge in [0.25, 0.3) is 0 Å². The number of rotatable bonds is 5. The van der Waals surface area contributed by atoms with E-state index in [0.717, 1.165) is 4.90 Å². The van der Waals surface area contributed by atoms with Crippen LogP contribution in [0.3, 0.4) is 0 Å². The number of hydrogen-bond donors (Lipinski definition) is 2. The first-order chi connectivity index (χ1) is 9.29. The van der Waals surface area contributed by atoms with E-state index < -0.39 is 42.2 Å². The van der Waals surface area contributed by atoms with Gasteiger partial charge in [0.15, 0.2) is 0 Å². The minimum absolute atomic E-state index is 0.270. The van der Waals surface area contributed by atoms with Crippen molar-refractivity contribution < 1.29 is 24.0 Å². The van der Waals surface area contributed by atoms with E-state index in [2.05, 4.69) is 10.6 Å². The van der Waals surface area contributed by atoms with E-state index in [1.165, 1.54) is 7.05 Å². The zero-order chi connectivity index (χ0) is 15.4. The molecule has 0 radical (unpaired) electrons. The average molecular weight is 284 g/mol. The summed E-state index contributed by atoms with van der Waals surface area (Å²) in [5.74, 6) is -3.12. The first-order valence-electron chi connectivity index (χ1n) is 5.95. The molecule has 2 N–H and O–H groups in total. The highest BCUT2D eigenvalue weighted by atomic mass is 16.2. The zero-order valence-electron chi connectivity index (χ0n) is 11.4. The van der Waals surface area contributed by atoms with Crippen LogP contribution in [0.25, 0.3) is 0 Å². The molecule has 20 heavy (non-hydrogen) atoms. The molecule has 1 rings (SSSR count). The number of hydrogen-bond acceptors (Lipinski definition) is 5. The molecule has 1 aliphatic rings. The zero-order valence-corrected chi connectivity index (χ0v) is 11.4. The van der Waals surface area contributed by atoms with Crippen LogP contribution in [0.5, 0.6) is 0 Å². The summed E-state index contributed by atoms with van der Waals surface area (Å²) >= 11 is 0. The number of carbonyl (C=O) groups is 5. The lowest BCUT2D eigenvalue weighted by molar-refractivity contribution is -0.144. The molecule has 0 aromatic rings. The van der Waals surface area contributed by atoms with Gasteiger partial charge in [-0.25, -0.2) is 9.69 Å². The highest BCUT2D eigenvalue weighted by Gasteiger charge is 2.46. The fraction of sp³-hybridized carbons (Fsp3) is 0.545. The molecule has 1 saturated heterocycles. The molecular formula is C11H16N4O5. The van der Waals surface area contributed by atoms with Gasteiger partial charge in [-0.05, 0) is 13.8 Å². The lowest BCUT2D eigenvalue weighted by Crippen LogP contribution is -2.44. The van der Waals surface area contributed by atoms with Gasteiger partial charge in [-0.15, -0.1) is 0 Å². The van der Waals surface area contributed by atoms with Crippen LogP contribution < -0.4 is 10.6 Å². The van der Waals surface area contributed by atoms with Crippen LogP contribution in [0.1, 0.15) is 13.8 Å². The summed E-state index contributed by atoms with van der Waals surface area (Å²) in [7, 11) is 1.40. The molecule has 0 aliphatic carbocycles. The number of nitrogens with one attached hydrogen (secondary N) is 2. The molecule has 1 heterocycles. The van der Waals surface area contributed by atoms with Crippen molar-refractivity contribution in [3.05, 3.63) is 0 Å². The number of nitrogens with zero attached hydrogens (tertiary/aromatic N) is 2. The van der Waals surface area contributed by atoms with Crippen molar-refractivity contribution in [2.45, 2.75) is 19.9 Å². The number of urea groups is 1. The predicted octanol–water partition coefficient (Wildman–Crippen LogP) is -1.95. The standard InChI is InChI=1S/C11H16N4O5/c1-6(2)15-10(19)9(18)14(11(15)20)5-8(17)13-4-7(16)12-3/h6H,4-5H2,1-3H3,(H,12,16)(H,13,17). The smallest absolute Gasteiger partial charge is 0.334 e. The third-order valence-electron chi connectivity index (χ3n) is 2.63. The first kappa shape index (κ1) is 15.6. The van der Waals surface area contributed by atoms with Crippen LogP contribution >= 0.6 is 0 Å². The number of amides is 6. The maximum Gasteiger partial charge on any atom is 0.334 e. The second-order valence-electron chi connectivity index (χ2n) is 4.39. The summed E-state index contributed by atoms with van der Waals surface area (Å²) in [6.07, 6.45) is 0. The Kier molecular flexibility index (Phi) is 4.78. The molecule has 9 nitrogen and oxygen atoms in total. The van der Waals surface area contributed by atoms with Gasteiger partial charge in [0.05, 0.1) is 6.54 Å². The summed E-state index contributed by atoms with van der Waals surface area (Å²) in [4.78, 5) is 58.9. The van der Waals surface area contributed by atoms with E-state index in [1.807, 2.05) is 0 Å². The van der Waals surface area contributed by atoms with Crippen LogP contribution in [0.2, 0.25) is 0 Å². The molecule has 1 fully saturated rings. The van der Waals surface area contributed by atoms with Crippen LogP contribution in [0, 0.1) is 0 Å². The maximum atomic E-state index is 11.8.